The van der Waals surface area contributed by atoms with Gasteiger partial charge in [0.2, 0.25) is 0 Å². The van der Waals surface area contributed by atoms with E-state index in [0.717, 1.165) is 0 Å². The minimum Gasteiger partial charge on any atom is -0.481 e. The number of likely N-dealkylation sites (tertiary alicyclic amines) is 1. The molecular formula is C11H18N2O3. The Morgan fingerprint density at radius 1 is 1.50 bits per heavy atom. The normalized spacial score (nSPS) is 18.9. The van der Waals surface area contributed by atoms with E-state index in [1.807, 2.05) is 6.92 Å². The molecule has 1 rings (SSSR count). The highest BCUT2D eigenvalue weighted by Crippen LogP contribution is 2.17. The van der Waals surface area contributed by atoms with Gasteiger partial charge in [-0.2, -0.15) is 0 Å². The molecule has 90 valence electrons. The zero-order chi connectivity index (χ0) is 12.1. The third-order valence-corrected chi connectivity index (χ3v) is 2.84. The van der Waals surface area contributed by atoms with E-state index in [2.05, 4.69) is 11.9 Å². The number of nitrogens with zero attached hydrogens (tertiary/aromatic N) is 1. The van der Waals surface area contributed by atoms with Crippen LogP contribution in [0.4, 0.5) is 4.79 Å². The van der Waals surface area contributed by atoms with Crippen molar-refractivity contribution < 1.29 is 14.7 Å². The Morgan fingerprint density at radius 3 is 2.50 bits per heavy atom. The second-order valence-electron chi connectivity index (χ2n) is 4.07. The smallest absolute Gasteiger partial charge is 0.317 e. The Labute approximate surface area is 95.1 Å². The van der Waals surface area contributed by atoms with E-state index < -0.39 is 5.97 Å². The molecule has 0 aliphatic carbocycles. The topological polar surface area (TPSA) is 69.6 Å². The largest absolute Gasteiger partial charge is 0.481 e. The van der Waals surface area contributed by atoms with Gasteiger partial charge >= 0.3 is 12.0 Å². The molecule has 5 nitrogen and oxygen atoms in total. The first kappa shape index (κ1) is 12.5. The summed E-state index contributed by atoms with van der Waals surface area (Å²) in [4.78, 5) is 24.0. The predicted octanol–water partition coefficient (Wildman–Crippen LogP) is 1.07. The number of hydrogen-bond donors (Lipinski definition) is 2. The lowest BCUT2D eigenvalue weighted by Gasteiger charge is -2.30. The van der Waals surface area contributed by atoms with E-state index in [4.69, 9.17) is 5.11 Å². The molecule has 0 aromatic heterocycles. The molecule has 0 aromatic carbocycles. The maximum Gasteiger partial charge on any atom is 0.317 e. The zero-order valence-corrected chi connectivity index (χ0v) is 9.48. The Bertz CT molecular complexity index is 283. The van der Waals surface area contributed by atoms with E-state index in [-0.39, 0.29) is 18.0 Å². The third-order valence-electron chi connectivity index (χ3n) is 2.84. The first-order valence-electron chi connectivity index (χ1n) is 5.45. The van der Waals surface area contributed by atoms with Gasteiger partial charge in [-0.25, -0.2) is 4.79 Å². The second-order valence-corrected chi connectivity index (χ2v) is 4.07. The number of amides is 2. The fourth-order valence-corrected chi connectivity index (χ4v) is 1.67. The molecule has 2 N–H and O–H groups in total. The highest BCUT2D eigenvalue weighted by molar-refractivity contribution is 5.75. The van der Waals surface area contributed by atoms with Gasteiger partial charge in [-0.05, 0) is 19.8 Å². The maximum absolute atomic E-state index is 11.7. The van der Waals surface area contributed by atoms with Crippen molar-refractivity contribution in [3.63, 3.8) is 0 Å². The van der Waals surface area contributed by atoms with Crippen molar-refractivity contribution in [2.75, 3.05) is 13.1 Å². The zero-order valence-electron chi connectivity index (χ0n) is 9.48. The summed E-state index contributed by atoms with van der Waals surface area (Å²) >= 11 is 0. The average Bonchev–Trinajstić information content (AvgIpc) is 2.28. The Kier molecular flexibility index (Phi) is 4.34. The van der Waals surface area contributed by atoms with Crippen LogP contribution < -0.4 is 5.32 Å². The number of carbonyl (C=O) groups excluding carboxylic acids is 1. The molecule has 1 atom stereocenters. The number of carboxylic acid groups (broad SMARTS) is 1. The third kappa shape index (κ3) is 3.25. The van der Waals surface area contributed by atoms with Crippen LogP contribution in [0.2, 0.25) is 0 Å². The Hall–Kier alpha value is -1.52. The van der Waals surface area contributed by atoms with E-state index in [1.54, 1.807) is 11.0 Å². The molecule has 0 radical (unpaired) electrons. The number of aliphatic carboxylic acids is 1. The van der Waals surface area contributed by atoms with Crippen LogP contribution in [0.1, 0.15) is 19.8 Å². The van der Waals surface area contributed by atoms with E-state index in [9.17, 15) is 9.59 Å². The average molecular weight is 226 g/mol. The summed E-state index contributed by atoms with van der Waals surface area (Å²) in [7, 11) is 0. The van der Waals surface area contributed by atoms with Crippen LogP contribution >= 0.6 is 0 Å². The maximum atomic E-state index is 11.7. The van der Waals surface area contributed by atoms with Gasteiger partial charge in [0.05, 0.1) is 5.92 Å². The van der Waals surface area contributed by atoms with Crippen LogP contribution in [-0.2, 0) is 4.79 Å². The van der Waals surface area contributed by atoms with Gasteiger partial charge in [0.1, 0.15) is 0 Å². The van der Waals surface area contributed by atoms with Crippen LogP contribution in [0.15, 0.2) is 12.7 Å². The van der Waals surface area contributed by atoms with Crippen LogP contribution in [0.3, 0.4) is 0 Å². The number of carbonyl (C=O) groups is 2. The van der Waals surface area contributed by atoms with Gasteiger partial charge in [0, 0.05) is 19.1 Å². The van der Waals surface area contributed by atoms with E-state index >= 15 is 0 Å². The number of urea groups is 1. The minimum absolute atomic E-state index is 0.0651. The van der Waals surface area contributed by atoms with Gasteiger partial charge < -0.3 is 15.3 Å². The van der Waals surface area contributed by atoms with Crippen LogP contribution in [0.25, 0.3) is 0 Å². The summed E-state index contributed by atoms with van der Waals surface area (Å²) in [5.74, 6) is -1.07. The fourth-order valence-electron chi connectivity index (χ4n) is 1.67. The van der Waals surface area contributed by atoms with E-state index in [1.165, 1.54) is 0 Å². The Balaban J connectivity index is 2.38. The van der Waals surface area contributed by atoms with Gasteiger partial charge in [-0.1, -0.05) is 6.08 Å². The lowest BCUT2D eigenvalue weighted by Crippen LogP contribution is -2.47. The molecule has 1 aliphatic rings. The molecule has 1 fully saturated rings. The molecule has 2 amide bonds. The minimum atomic E-state index is -0.764. The molecular weight excluding hydrogens is 208 g/mol. The first-order valence-corrected chi connectivity index (χ1v) is 5.45. The summed E-state index contributed by atoms with van der Waals surface area (Å²) in [6.07, 6.45) is 2.72. The summed E-state index contributed by atoms with van der Waals surface area (Å²) in [5.41, 5.74) is 0. The number of piperidine rings is 1. The van der Waals surface area contributed by atoms with Crippen LogP contribution in [0.5, 0.6) is 0 Å². The highest BCUT2D eigenvalue weighted by atomic mass is 16.4. The van der Waals surface area contributed by atoms with Gasteiger partial charge in [0.15, 0.2) is 0 Å². The SMILES string of the molecule is C=CC(C)NC(=O)N1CCC(C(=O)O)CC1. The highest BCUT2D eigenvalue weighted by Gasteiger charge is 2.26. The predicted molar refractivity (Wildman–Crippen MR) is 60.1 cm³/mol. The van der Waals surface area contributed by atoms with Gasteiger partial charge in [-0.3, -0.25) is 4.79 Å². The molecule has 1 unspecified atom stereocenters. The molecule has 0 saturated carbocycles. The molecule has 1 aliphatic heterocycles. The molecule has 0 bridgehead atoms. The summed E-state index contributed by atoms with van der Waals surface area (Å²) in [5, 5.41) is 11.6. The lowest BCUT2D eigenvalue weighted by molar-refractivity contribution is -0.143. The van der Waals surface area contributed by atoms with Crippen molar-refractivity contribution in [3.05, 3.63) is 12.7 Å². The van der Waals surface area contributed by atoms with Crippen LogP contribution in [0, 0.1) is 5.92 Å². The van der Waals surface area contributed by atoms with Crippen molar-refractivity contribution >= 4 is 12.0 Å². The van der Waals surface area contributed by atoms with Crippen LogP contribution in [-0.4, -0.2) is 41.1 Å². The molecule has 0 spiro atoms. The summed E-state index contributed by atoms with van der Waals surface area (Å²) in [6.45, 7) is 6.44. The summed E-state index contributed by atoms with van der Waals surface area (Å²) < 4.78 is 0. The Morgan fingerprint density at radius 2 is 2.06 bits per heavy atom. The lowest BCUT2D eigenvalue weighted by atomic mass is 9.97. The summed E-state index contributed by atoms with van der Waals surface area (Å²) in [6, 6.07) is -0.207. The quantitative estimate of drug-likeness (QED) is 0.707. The number of nitrogens with one attached hydrogen (secondary N) is 1. The van der Waals surface area contributed by atoms with Gasteiger partial charge in [-0.15, -0.1) is 6.58 Å². The standard InChI is InChI=1S/C11H18N2O3/c1-3-8(2)12-11(16)13-6-4-9(5-7-13)10(14)15/h3,8-9H,1,4-7H2,2H3,(H,12,16)(H,14,15). The van der Waals surface area contributed by atoms with Crippen molar-refractivity contribution in [2.45, 2.75) is 25.8 Å². The van der Waals surface area contributed by atoms with Crippen molar-refractivity contribution in [2.24, 2.45) is 5.92 Å². The van der Waals surface area contributed by atoms with Gasteiger partial charge in [0.25, 0.3) is 0 Å². The van der Waals surface area contributed by atoms with Crippen molar-refractivity contribution in [3.8, 4) is 0 Å². The van der Waals surface area contributed by atoms with E-state index in [0.29, 0.717) is 25.9 Å². The molecule has 1 saturated heterocycles. The first-order chi connectivity index (χ1) is 7.54. The molecule has 0 aromatic rings. The number of hydrogen-bond acceptors (Lipinski definition) is 2. The fraction of sp³-hybridized carbons (Fsp3) is 0.636. The van der Waals surface area contributed by atoms with Crippen molar-refractivity contribution in [1.82, 2.24) is 10.2 Å². The number of rotatable bonds is 3. The monoisotopic (exact) mass is 226 g/mol. The second kappa shape index (κ2) is 5.53. The number of carboxylic acids is 1. The molecule has 5 heteroatoms. The van der Waals surface area contributed by atoms with Crippen molar-refractivity contribution in [1.29, 1.82) is 0 Å². The molecule has 16 heavy (non-hydrogen) atoms. The molecule has 1 heterocycles.